The van der Waals surface area contributed by atoms with Crippen molar-refractivity contribution in [3.05, 3.63) is 52.8 Å². The van der Waals surface area contributed by atoms with Gasteiger partial charge in [0.1, 0.15) is 5.60 Å². The molecular weight excluding hydrogens is 238 g/mol. The van der Waals surface area contributed by atoms with Gasteiger partial charge in [0.05, 0.1) is 12.2 Å². The summed E-state index contributed by atoms with van der Waals surface area (Å²) in [5.41, 5.74) is 3.46. The summed E-state index contributed by atoms with van der Waals surface area (Å²) in [6.07, 6.45) is 0. The fourth-order valence-corrected chi connectivity index (χ4v) is 2.82. The van der Waals surface area contributed by atoms with Gasteiger partial charge in [-0.1, -0.05) is 30.3 Å². The third-order valence-corrected chi connectivity index (χ3v) is 3.86. The van der Waals surface area contributed by atoms with E-state index in [9.17, 15) is 5.11 Å². The van der Waals surface area contributed by atoms with Gasteiger partial charge in [0.25, 0.3) is 0 Å². The maximum absolute atomic E-state index is 10.5. The second-order valence-corrected chi connectivity index (χ2v) is 5.32. The minimum atomic E-state index is -0.733. The van der Waals surface area contributed by atoms with Crippen molar-refractivity contribution in [2.45, 2.75) is 26.0 Å². The fourth-order valence-electron chi connectivity index (χ4n) is 2.82. The maximum Gasteiger partial charge on any atom is 0.118 e. The molecule has 1 aliphatic heterocycles. The van der Waals surface area contributed by atoms with Crippen LogP contribution in [-0.4, -0.2) is 28.0 Å². The van der Waals surface area contributed by atoms with Gasteiger partial charge in [0.15, 0.2) is 0 Å². The van der Waals surface area contributed by atoms with Gasteiger partial charge in [-0.25, -0.2) is 0 Å². The van der Waals surface area contributed by atoms with E-state index in [1.165, 1.54) is 5.56 Å². The third-order valence-electron chi connectivity index (χ3n) is 3.86. The van der Waals surface area contributed by atoms with Crippen LogP contribution in [0.15, 0.2) is 30.3 Å². The van der Waals surface area contributed by atoms with Crippen molar-refractivity contribution >= 4 is 0 Å². The molecule has 0 amide bonds. The van der Waals surface area contributed by atoms with Crippen LogP contribution in [0, 0.1) is 13.8 Å². The zero-order valence-electron chi connectivity index (χ0n) is 11.3. The molecule has 1 aromatic carbocycles. The highest BCUT2D eigenvalue weighted by Crippen LogP contribution is 2.30. The van der Waals surface area contributed by atoms with Crippen molar-refractivity contribution in [1.29, 1.82) is 0 Å². The summed E-state index contributed by atoms with van der Waals surface area (Å²) in [5, 5.41) is 18.2. The van der Waals surface area contributed by atoms with E-state index in [1.807, 2.05) is 36.7 Å². The highest BCUT2D eigenvalue weighted by atomic mass is 16.3. The van der Waals surface area contributed by atoms with Crippen LogP contribution in [0.5, 0.6) is 0 Å². The number of hydrogen-bond acceptors (Lipinski definition) is 3. The first kappa shape index (κ1) is 12.4. The topological polar surface area (TPSA) is 50.1 Å². The van der Waals surface area contributed by atoms with E-state index >= 15 is 0 Å². The average molecular weight is 257 g/mol. The Balaban J connectivity index is 1.94. The number of benzene rings is 1. The molecule has 19 heavy (non-hydrogen) atoms. The lowest BCUT2D eigenvalue weighted by Gasteiger charge is -2.38. The van der Waals surface area contributed by atoms with Gasteiger partial charge in [-0.15, -0.1) is 0 Å². The lowest BCUT2D eigenvalue weighted by atomic mass is 9.87. The van der Waals surface area contributed by atoms with Gasteiger partial charge in [-0.3, -0.25) is 4.68 Å². The van der Waals surface area contributed by atoms with Gasteiger partial charge < -0.3 is 10.4 Å². The van der Waals surface area contributed by atoms with E-state index < -0.39 is 5.60 Å². The maximum atomic E-state index is 10.5. The summed E-state index contributed by atoms with van der Waals surface area (Å²) in [7, 11) is 0. The second-order valence-electron chi connectivity index (χ2n) is 5.32. The summed E-state index contributed by atoms with van der Waals surface area (Å²) in [5.74, 6) is 0. The molecule has 0 bridgehead atoms. The number of rotatable bonds is 3. The highest BCUT2D eigenvalue weighted by molar-refractivity contribution is 5.34. The predicted octanol–water partition coefficient (Wildman–Crippen LogP) is 1.34. The van der Waals surface area contributed by atoms with Gasteiger partial charge in [0, 0.05) is 24.3 Å². The molecule has 0 radical (unpaired) electrons. The van der Waals surface area contributed by atoms with E-state index in [2.05, 4.69) is 22.5 Å². The predicted molar refractivity (Wildman–Crippen MR) is 74.0 cm³/mol. The lowest BCUT2D eigenvalue weighted by Crippen LogP contribution is -2.57. The molecule has 0 spiro atoms. The van der Waals surface area contributed by atoms with Crippen LogP contribution in [-0.2, 0) is 12.1 Å². The Kier molecular flexibility index (Phi) is 2.92. The molecule has 1 aromatic heterocycles. The number of aryl methyl sites for hydroxylation is 1. The second kappa shape index (κ2) is 4.47. The molecule has 2 aromatic rings. The monoisotopic (exact) mass is 257 g/mol. The largest absolute Gasteiger partial charge is 0.382 e. The fraction of sp³-hybridized carbons (Fsp3) is 0.400. The van der Waals surface area contributed by atoms with Crippen LogP contribution in [0.4, 0.5) is 0 Å². The standard InChI is InChI=1S/C15H19N3O/c1-11-14(15(19)9-16-10-15)12(2)18(17-11)8-13-6-4-3-5-7-13/h3-7,16,19H,8-10H2,1-2H3. The Bertz CT molecular complexity index is 585. The van der Waals surface area contributed by atoms with Crippen LogP contribution in [0.3, 0.4) is 0 Å². The number of nitrogens with one attached hydrogen (secondary N) is 1. The van der Waals surface area contributed by atoms with Gasteiger partial charge in [-0.2, -0.15) is 5.10 Å². The van der Waals surface area contributed by atoms with Gasteiger partial charge in [0.2, 0.25) is 0 Å². The van der Waals surface area contributed by atoms with Crippen LogP contribution in [0.1, 0.15) is 22.5 Å². The van der Waals surface area contributed by atoms with E-state index in [4.69, 9.17) is 0 Å². The zero-order valence-corrected chi connectivity index (χ0v) is 11.3. The number of hydrogen-bond donors (Lipinski definition) is 2. The molecule has 0 aliphatic carbocycles. The van der Waals surface area contributed by atoms with Crippen LogP contribution in [0.25, 0.3) is 0 Å². The Morgan fingerprint density at radius 2 is 1.95 bits per heavy atom. The van der Waals surface area contributed by atoms with Crippen molar-refractivity contribution in [2.24, 2.45) is 0 Å². The quantitative estimate of drug-likeness (QED) is 0.872. The number of aliphatic hydroxyl groups is 1. The first-order valence-corrected chi connectivity index (χ1v) is 6.62. The Labute approximate surface area is 113 Å². The zero-order chi connectivity index (χ0) is 13.5. The molecule has 4 nitrogen and oxygen atoms in total. The normalized spacial score (nSPS) is 17.2. The first-order valence-electron chi connectivity index (χ1n) is 6.62. The van der Waals surface area contributed by atoms with Crippen molar-refractivity contribution in [3.8, 4) is 0 Å². The molecule has 4 heteroatoms. The lowest BCUT2D eigenvalue weighted by molar-refractivity contribution is -0.0158. The smallest absolute Gasteiger partial charge is 0.118 e. The van der Waals surface area contributed by atoms with Crippen LogP contribution < -0.4 is 5.32 Å². The van der Waals surface area contributed by atoms with E-state index in [0.717, 1.165) is 23.5 Å². The molecule has 2 N–H and O–H groups in total. The van der Waals surface area contributed by atoms with Gasteiger partial charge in [-0.05, 0) is 19.4 Å². The van der Waals surface area contributed by atoms with Crippen LogP contribution in [0.2, 0.25) is 0 Å². The minimum absolute atomic E-state index is 0.617. The number of nitrogens with zero attached hydrogens (tertiary/aromatic N) is 2. The molecule has 0 atom stereocenters. The summed E-state index contributed by atoms with van der Waals surface area (Å²) < 4.78 is 1.98. The Morgan fingerprint density at radius 3 is 2.53 bits per heavy atom. The average Bonchev–Trinajstić information content (AvgIpc) is 2.63. The van der Waals surface area contributed by atoms with E-state index in [0.29, 0.717) is 13.1 Å². The molecule has 0 unspecified atom stereocenters. The molecule has 1 aliphatic rings. The molecule has 2 heterocycles. The summed E-state index contributed by atoms with van der Waals surface area (Å²) in [6, 6.07) is 10.3. The van der Waals surface area contributed by atoms with Gasteiger partial charge >= 0.3 is 0 Å². The van der Waals surface area contributed by atoms with Crippen molar-refractivity contribution in [2.75, 3.05) is 13.1 Å². The van der Waals surface area contributed by atoms with Crippen molar-refractivity contribution in [3.63, 3.8) is 0 Å². The number of aromatic nitrogens is 2. The Hall–Kier alpha value is -1.65. The molecule has 1 fully saturated rings. The van der Waals surface area contributed by atoms with Crippen molar-refractivity contribution < 1.29 is 5.11 Å². The van der Waals surface area contributed by atoms with Crippen molar-refractivity contribution in [1.82, 2.24) is 15.1 Å². The van der Waals surface area contributed by atoms with E-state index in [1.54, 1.807) is 0 Å². The van der Waals surface area contributed by atoms with E-state index in [-0.39, 0.29) is 0 Å². The summed E-state index contributed by atoms with van der Waals surface area (Å²) in [4.78, 5) is 0. The Morgan fingerprint density at radius 1 is 1.26 bits per heavy atom. The molecule has 100 valence electrons. The molecular formula is C15H19N3O. The SMILES string of the molecule is Cc1nn(Cc2ccccc2)c(C)c1C1(O)CNC1. The first-order chi connectivity index (χ1) is 9.10. The third kappa shape index (κ3) is 2.07. The highest BCUT2D eigenvalue weighted by Gasteiger charge is 2.40. The summed E-state index contributed by atoms with van der Waals surface area (Å²) in [6.45, 7) is 5.99. The number of β-amino-alcohol motifs (C(OH)–C–C–N with tert-alkyl or cyclic N) is 1. The molecule has 1 saturated heterocycles. The molecule has 3 rings (SSSR count). The van der Waals surface area contributed by atoms with Crippen LogP contribution >= 0.6 is 0 Å². The summed E-state index contributed by atoms with van der Waals surface area (Å²) >= 11 is 0. The minimum Gasteiger partial charge on any atom is -0.382 e. The molecule has 0 saturated carbocycles.